The molecular weight excluding hydrogens is 229 g/mol. The number of rotatable bonds is 4. The van der Waals surface area contributed by atoms with E-state index in [9.17, 15) is 4.39 Å². The highest BCUT2D eigenvalue weighted by Crippen LogP contribution is 2.13. The Labute approximate surface area is 109 Å². The van der Waals surface area contributed by atoms with Crippen molar-refractivity contribution in [3.63, 3.8) is 0 Å². The molecule has 2 rings (SSSR count). The second-order valence-corrected chi connectivity index (χ2v) is 5.04. The standard InChI is InChI=1S/C14H22FN3/c1-12-11-13(3-4-14(12)15)16-5-6-18-9-7-17(2)8-10-18/h3-4,11,16H,5-10H2,1-2H3. The fourth-order valence-electron chi connectivity index (χ4n) is 2.18. The summed E-state index contributed by atoms with van der Waals surface area (Å²) in [5, 5.41) is 3.35. The molecule has 0 unspecified atom stereocenters. The molecule has 100 valence electrons. The van der Waals surface area contributed by atoms with Gasteiger partial charge in [0.1, 0.15) is 5.82 Å². The highest BCUT2D eigenvalue weighted by Gasteiger charge is 2.12. The van der Waals surface area contributed by atoms with Gasteiger partial charge in [0.25, 0.3) is 0 Å². The number of nitrogens with one attached hydrogen (secondary N) is 1. The Morgan fingerprint density at radius 3 is 2.61 bits per heavy atom. The van der Waals surface area contributed by atoms with Gasteiger partial charge < -0.3 is 10.2 Å². The van der Waals surface area contributed by atoms with Gasteiger partial charge in [0.05, 0.1) is 0 Å². The first-order chi connectivity index (χ1) is 8.65. The molecule has 0 radical (unpaired) electrons. The lowest BCUT2D eigenvalue weighted by atomic mass is 10.2. The van der Waals surface area contributed by atoms with E-state index in [1.165, 1.54) is 6.07 Å². The van der Waals surface area contributed by atoms with Gasteiger partial charge in [-0.2, -0.15) is 0 Å². The molecule has 1 saturated heterocycles. The van der Waals surface area contributed by atoms with Gasteiger partial charge in [-0.1, -0.05) is 0 Å². The summed E-state index contributed by atoms with van der Waals surface area (Å²) in [5.74, 6) is -0.139. The molecule has 1 aromatic carbocycles. The summed E-state index contributed by atoms with van der Waals surface area (Å²) in [6.45, 7) is 8.33. The van der Waals surface area contributed by atoms with Gasteiger partial charge in [0.15, 0.2) is 0 Å². The van der Waals surface area contributed by atoms with Crippen LogP contribution in [0.5, 0.6) is 0 Å². The van der Waals surface area contributed by atoms with Crippen molar-refractivity contribution in [1.82, 2.24) is 9.80 Å². The minimum atomic E-state index is -0.139. The number of halogens is 1. The molecule has 18 heavy (non-hydrogen) atoms. The van der Waals surface area contributed by atoms with Crippen molar-refractivity contribution in [3.8, 4) is 0 Å². The van der Waals surface area contributed by atoms with Crippen LogP contribution in [0.15, 0.2) is 18.2 Å². The molecule has 1 N–H and O–H groups in total. The lowest BCUT2D eigenvalue weighted by Gasteiger charge is -2.32. The number of aryl methyl sites for hydroxylation is 1. The van der Waals surface area contributed by atoms with Crippen LogP contribution in [0.1, 0.15) is 5.56 Å². The first-order valence-corrected chi connectivity index (χ1v) is 6.56. The van der Waals surface area contributed by atoms with Gasteiger partial charge >= 0.3 is 0 Å². The minimum absolute atomic E-state index is 0.139. The maximum atomic E-state index is 13.1. The third-order valence-corrected chi connectivity index (χ3v) is 3.51. The van der Waals surface area contributed by atoms with Crippen LogP contribution in [-0.2, 0) is 0 Å². The predicted octanol–water partition coefficient (Wildman–Crippen LogP) is 1.79. The number of benzene rings is 1. The van der Waals surface area contributed by atoms with E-state index in [1.807, 2.05) is 6.07 Å². The molecule has 1 fully saturated rings. The Morgan fingerprint density at radius 2 is 1.94 bits per heavy atom. The van der Waals surface area contributed by atoms with Crippen LogP contribution in [0.4, 0.5) is 10.1 Å². The summed E-state index contributed by atoms with van der Waals surface area (Å²) in [7, 11) is 2.16. The first-order valence-electron chi connectivity index (χ1n) is 6.56. The molecule has 4 heteroatoms. The molecule has 0 aromatic heterocycles. The normalized spacial score (nSPS) is 17.9. The zero-order chi connectivity index (χ0) is 13.0. The molecule has 0 amide bonds. The molecule has 0 saturated carbocycles. The summed E-state index contributed by atoms with van der Waals surface area (Å²) < 4.78 is 13.1. The quantitative estimate of drug-likeness (QED) is 0.880. The summed E-state index contributed by atoms with van der Waals surface area (Å²) >= 11 is 0. The molecular formula is C14H22FN3. The van der Waals surface area contributed by atoms with Crippen molar-refractivity contribution < 1.29 is 4.39 Å². The highest BCUT2D eigenvalue weighted by molar-refractivity contribution is 5.45. The Balaban J connectivity index is 1.73. The van der Waals surface area contributed by atoms with Crippen molar-refractivity contribution in [2.45, 2.75) is 6.92 Å². The number of hydrogen-bond donors (Lipinski definition) is 1. The van der Waals surface area contributed by atoms with Crippen LogP contribution in [0.25, 0.3) is 0 Å². The van der Waals surface area contributed by atoms with E-state index in [4.69, 9.17) is 0 Å². The van der Waals surface area contributed by atoms with Crippen molar-refractivity contribution >= 4 is 5.69 Å². The lowest BCUT2D eigenvalue weighted by Crippen LogP contribution is -2.45. The first kappa shape index (κ1) is 13.3. The maximum absolute atomic E-state index is 13.1. The molecule has 1 aliphatic rings. The summed E-state index contributed by atoms with van der Waals surface area (Å²) in [5.41, 5.74) is 1.70. The topological polar surface area (TPSA) is 18.5 Å². The van der Waals surface area contributed by atoms with E-state index in [-0.39, 0.29) is 5.82 Å². The van der Waals surface area contributed by atoms with E-state index < -0.39 is 0 Å². The third-order valence-electron chi connectivity index (χ3n) is 3.51. The van der Waals surface area contributed by atoms with Crippen LogP contribution < -0.4 is 5.32 Å². The Hall–Kier alpha value is -1.13. The largest absolute Gasteiger partial charge is 0.384 e. The van der Waals surface area contributed by atoms with E-state index in [0.29, 0.717) is 5.56 Å². The van der Waals surface area contributed by atoms with E-state index in [1.54, 1.807) is 13.0 Å². The fraction of sp³-hybridized carbons (Fsp3) is 0.571. The molecule has 1 aliphatic heterocycles. The SMILES string of the molecule is Cc1cc(NCCN2CCN(C)CC2)ccc1F. The third kappa shape index (κ3) is 3.68. The average molecular weight is 251 g/mol. The van der Waals surface area contributed by atoms with Crippen LogP contribution in [0.3, 0.4) is 0 Å². The van der Waals surface area contributed by atoms with Crippen LogP contribution in [-0.4, -0.2) is 56.1 Å². The predicted molar refractivity (Wildman–Crippen MR) is 73.6 cm³/mol. The second-order valence-electron chi connectivity index (χ2n) is 5.04. The van der Waals surface area contributed by atoms with Crippen molar-refractivity contribution in [2.24, 2.45) is 0 Å². The molecule has 0 bridgehead atoms. The van der Waals surface area contributed by atoms with Gasteiger partial charge in [-0.25, -0.2) is 4.39 Å². The number of anilines is 1. The van der Waals surface area contributed by atoms with Crippen molar-refractivity contribution in [2.75, 3.05) is 51.6 Å². The van der Waals surface area contributed by atoms with Gasteiger partial charge in [-0.3, -0.25) is 4.90 Å². The van der Waals surface area contributed by atoms with Gasteiger partial charge in [-0.05, 0) is 37.7 Å². The van der Waals surface area contributed by atoms with Crippen LogP contribution in [0, 0.1) is 12.7 Å². The molecule has 0 spiro atoms. The van der Waals surface area contributed by atoms with E-state index >= 15 is 0 Å². The van der Waals surface area contributed by atoms with Crippen LogP contribution >= 0.6 is 0 Å². The van der Waals surface area contributed by atoms with Gasteiger partial charge in [-0.15, -0.1) is 0 Å². The van der Waals surface area contributed by atoms with E-state index in [0.717, 1.165) is 45.0 Å². The maximum Gasteiger partial charge on any atom is 0.126 e. The smallest absolute Gasteiger partial charge is 0.126 e. The zero-order valence-electron chi connectivity index (χ0n) is 11.2. The van der Waals surface area contributed by atoms with Crippen LogP contribution in [0.2, 0.25) is 0 Å². The highest BCUT2D eigenvalue weighted by atomic mass is 19.1. The van der Waals surface area contributed by atoms with Gasteiger partial charge in [0, 0.05) is 45.0 Å². The average Bonchev–Trinajstić information content (AvgIpc) is 2.36. The van der Waals surface area contributed by atoms with Crippen molar-refractivity contribution in [1.29, 1.82) is 0 Å². The number of hydrogen-bond acceptors (Lipinski definition) is 3. The summed E-state index contributed by atoms with van der Waals surface area (Å²) in [6, 6.07) is 5.18. The summed E-state index contributed by atoms with van der Waals surface area (Å²) in [4.78, 5) is 4.82. The molecule has 1 aromatic rings. The molecule has 1 heterocycles. The number of piperazine rings is 1. The van der Waals surface area contributed by atoms with Gasteiger partial charge in [0.2, 0.25) is 0 Å². The fourth-order valence-corrected chi connectivity index (χ4v) is 2.18. The second kappa shape index (κ2) is 6.16. The Morgan fingerprint density at radius 1 is 1.22 bits per heavy atom. The Bertz CT molecular complexity index is 387. The molecule has 0 aliphatic carbocycles. The Kier molecular flexibility index (Phi) is 4.55. The number of nitrogens with zero attached hydrogens (tertiary/aromatic N) is 2. The summed E-state index contributed by atoms with van der Waals surface area (Å²) in [6.07, 6.45) is 0. The number of likely N-dealkylation sites (N-methyl/N-ethyl adjacent to an activating group) is 1. The molecule has 3 nitrogen and oxygen atoms in total. The molecule has 0 atom stereocenters. The minimum Gasteiger partial charge on any atom is -0.384 e. The monoisotopic (exact) mass is 251 g/mol. The van der Waals surface area contributed by atoms with Crippen molar-refractivity contribution in [3.05, 3.63) is 29.6 Å². The zero-order valence-corrected chi connectivity index (χ0v) is 11.2. The lowest BCUT2D eigenvalue weighted by molar-refractivity contribution is 0.158. The van der Waals surface area contributed by atoms with E-state index in [2.05, 4.69) is 22.2 Å².